The van der Waals surface area contributed by atoms with Gasteiger partial charge in [0.05, 0.1) is 60.8 Å². The molecule has 2 heterocycles. The van der Waals surface area contributed by atoms with Gasteiger partial charge in [0.25, 0.3) is 0 Å². The van der Waals surface area contributed by atoms with Crippen LogP contribution in [0.15, 0.2) is 122 Å². The molecule has 6 rings (SSSR count). The number of unbranched alkanes of at least 4 members (excludes halogenated alkanes) is 10. The highest BCUT2D eigenvalue weighted by Gasteiger charge is 2.26. The zero-order valence-electron chi connectivity index (χ0n) is 38.4. The van der Waals surface area contributed by atoms with Gasteiger partial charge in [-0.3, -0.25) is 19.9 Å². The molecule has 0 N–H and O–H groups in total. The quantitative estimate of drug-likeness (QED) is 0.0455. The highest BCUT2D eigenvalue weighted by molar-refractivity contribution is 5.60. The lowest BCUT2D eigenvalue weighted by Gasteiger charge is -2.25. The number of benzene rings is 4. The molecule has 0 bridgehead atoms. The molecule has 2 aromatic heterocycles. The fraction of sp³-hybridized carbons (Fsp3) is 0.429. The predicted octanol–water partition coefficient (Wildman–Crippen LogP) is 14.9. The van der Waals surface area contributed by atoms with Crippen LogP contribution in [0.4, 0.5) is 0 Å². The molecule has 0 radical (unpaired) electrons. The number of ether oxygens (including phenoxy) is 3. The lowest BCUT2D eigenvalue weighted by atomic mass is 9.99. The summed E-state index contributed by atoms with van der Waals surface area (Å²) in [6, 6.07) is 33.9. The van der Waals surface area contributed by atoms with Crippen molar-refractivity contribution in [3.8, 4) is 34.0 Å². The van der Waals surface area contributed by atoms with Gasteiger partial charge in [0.2, 0.25) is 0 Å². The third-order valence-electron chi connectivity index (χ3n) is 11.6. The van der Waals surface area contributed by atoms with E-state index in [2.05, 4.69) is 76.2 Å². The highest BCUT2D eigenvalue weighted by atomic mass is 16.5. The van der Waals surface area contributed by atoms with Crippen LogP contribution in [-0.4, -0.2) is 33.1 Å². The maximum absolute atomic E-state index is 7.31. The Balaban J connectivity index is 1.30. The molecule has 6 aromatic rings. The third kappa shape index (κ3) is 14.8. The lowest BCUT2D eigenvalue weighted by Crippen LogP contribution is -2.16. The van der Waals surface area contributed by atoms with Gasteiger partial charge < -0.3 is 14.2 Å². The minimum absolute atomic E-state index is 0.524. The molecule has 4 aromatic carbocycles. The molecular weight excluding hydrogens is 777 g/mol. The molecule has 7 heteroatoms. The van der Waals surface area contributed by atoms with Crippen molar-refractivity contribution in [1.29, 1.82) is 0 Å². The Kier molecular flexibility index (Phi) is 19.6. The summed E-state index contributed by atoms with van der Waals surface area (Å²) in [4.78, 5) is 20.0. The summed E-state index contributed by atoms with van der Waals surface area (Å²) in [5.41, 5.74) is 9.69. The highest BCUT2D eigenvalue weighted by Crippen LogP contribution is 2.36. The zero-order chi connectivity index (χ0) is 43.9. The average Bonchev–Trinajstić information content (AvgIpc) is 3.34. The normalized spacial score (nSPS) is 12.3. The van der Waals surface area contributed by atoms with Crippen molar-refractivity contribution >= 4 is 0 Å². The SMILES string of the molecule is CCCCCCCCc1ccc(C(OC(c2ccc(CCCCCCCC)cc2)c2cnc(-c3ccc(OCCC)cc3)cn2)c2cnc(-c3ccc(OCCC)cc3)cn2)cc1. The number of hydrogen-bond donors (Lipinski definition) is 0. The standard InChI is InChI=1S/C56H70N4O3/c1-5-9-11-13-15-17-19-43-21-25-47(26-22-43)55(53-41-57-51(39-59-53)45-29-33-49(34-30-45)61-37-7-3)63-56(48-27-23-44(24-28-48)20-18-16-14-12-10-6-2)54-42-58-52(40-60-54)46-31-35-50(36-32-46)62-38-8-4/h21-36,39-42,55-56H,5-20,37-38H2,1-4H3. The van der Waals surface area contributed by atoms with Crippen molar-refractivity contribution in [3.05, 3.63) is 155 Å². The molecule has 63 heavy (non-hydrogen) atoms. The number of aryl methyl sites for hydroxylation is 2. The first-order chi connectivity index (χ1) is 31.1. The minimum Gasteiger partial charge on any atom is -0.494 e. The molecule has 0 aliphatic heterocycles. The van der Waals surface area contributed by atoms with E-state index in [1.807, 2.05) is 73.3 Å². The second-order valence-electron chi connectivity index (χ2n) is 16.8. The summed E-state index contributed by atoms with van der Waals surface area (Å²) in [7, 11) is 0. The van der Waals surface area contributed by atoms with Crippen molar-refractivity contribution in [3.63, 3.8) is 0 Å². The molecule has 0 amide bonds. The molecule has 0 aliphatic carbocycles. The van der Waals surface area contributed by atoms with Gasteiger partial charge in [0.1, 0.15) is 23.7 Å². The van der Waals surface area contributed by atoms with E-state index in [1.165, 1.54) is 88.2 Å². The van der Waals surface area contributed by atoms with Crippen molar-refractivity contribution in [1.82, 2.24) is 19.9 Å². The van der Waals surface area contributed by atoms with Gasteiger partial charge in [-0.25, -0.2) is 0 Å². The van der Waals surface area contributed by atoms with E-state index < -0.39 is 12.2 Å². The molecule has 7 nitrogen and oxygen atoms in total. The van der Waals surface area contributed by atoms with E-state index in [0.717, 1.165) is 82.2 Å². The van der Waals surface area contributed by atoms with Gasteiger partial charge in [-0.2, -0.15) is 0 Å². The summed E-state index contributed by atoms with van der Waals surface area (Å²) >= 11 is 0. The summed E-state index contributed by atoms with van der Waals surface area (Å²) in [6.07, 6.45) is 25.8. The summed E-state index contributed by atoms with van der Waals surface area (Å²) in [6.45, 7) is 10.1. The van der Waals surface area contributed by atoms with Crippen molar-refractivity contribution in [2.45, 2.75) is 143 Å². The molecule has 2 atom stereocenters. The Morgan fingerprint density at radius 3 is 1.11 bits per heavy atom. The largest absolute Gasteiger partial charge is 0.494 e. The Morgan fingerprint density at radius 2 is 0.762 bits per heavy atom. The minimum atomic E-state index is -0.524. The monoisotopic (exact) mass is 847 g/mol. The van der Waals surface area contributed by atoms with Crippen LogP contribution < -0.4 is 9.47 Å². The maximum Gasteiger partial charge on any atom is 0.127 e. The Hall–Kier alpha value is -5.40. The van der Waals surface area contributed by atoms with Gasteiger partial charge in [0, 0.05) is 11.1 Å². The van der Waals surface area contributed by atoms with Crippen LogP contribution in [0.5, 0.6) is 11.5 Å². The fourth-order valence-electron chi connectivity index (χ4n) is 7.84. The maximum atomic E-state index is 7.31. The van der Waals surface area contributed by atoms with Crippen molar-refractivity contribution in [2.75, 3.05) is 13.2 Å². The topological polar surface area (TPSA) is 79.2 Å². The summed E-state index contributed by atoms with van der Waals surface area (Å²) in [5, 5.41) is 0. The Labute approximate surface area is 378 Å². The van der Waals surface area contributed by atoms with E-state index in [9.17, 15) is 0 Å². The van der Waals surface area contributed by atoms with Crippen molar-refractivity contribution in [2.24, 2.45) is 0 Å². The van der Waals surface area contributed by atoms with Crippen LogP contribution in [-0.2, 0) is 17.6 Å². The molecule has 0 saturated carbocycles. The van der Waals surface area contributed by atoms with Crippen LogP contribution >= 0.6 is 0 Å². The molecule has 0 saturated heterocycles. The van der Waals surface area contributed by atoms with E-state index in [0.29, 0.717) is 13.2 Å². The second kappa shape index (κ2) is 26.3. The van der Waals surface area contributed by atoms with Gasteiger partial charge >= 0.3 is 0 Å². The van der Waals surface area contributed by atoms with Gasteiger partial charge in [0.15, 0.2) is 0 Å². The zero-order valence-corrected chi connectivity index (χ0v) is 38.4. The van der Waals surface area contributed by atoms with Crippen LogP contribution in [0.1, 0.15) is 163 Å². The fourth-order valence-corrected chi connectivity index (χ4v) is 7.84. The number of nitrogens with zero attached hydrogens (tertiary/aromatic N) is 4. The number of rotatable bonds is 28. The number of aromatic nitrogens is 4. The first-order valence-electron chi connectivity index (χ1n) is 24.0. The van der Waals surface area contributed by atoms with Crippen LogP contribution in [0.2, 0.25) is 0 Å². The van der Waals surface area contributed by atoms with E-state index in [4.69, 9.17) is 34.1 Å². The van der Waals surface area contributed by atoms with Gasteiger partial charge in [-0.05, 0) is 109 Å². The Bertz CT molecular complexity index is 1980. The van der Waals surface area contributed by atoms with Crippen molar-refractivity contribution < 1.29 is 14.2 Å². The van der Waals surface area contributed by atoms with Crippen LogP contribution in [0, 0.1) is 0 Å². The third-order valence-corrected chi connectivity index (χ3v) is 11.6. The number of hydrogen-bond acceptors (Lipinski definition) is 7. The summed E-state index contributed by atoms with van der Waals surface area (Å²) < 4.78 is 19.0. The molecule has 0 spiro atoms. The molecule has 332 valence electrons. The molecule has 0 aliphatic rings. The average molecular weight is 847 g/mol. The lowest BCUT2D eigenvalue weighted by molar-refractivity contribution is 0.0258. The van der Waals surface area contributed by atoms with E-state index >= 15 is 0 Å². The first-order valence-corrected chi connectivity index (χ1v) is 24.0. The van der Waals surface area contributed by atoms with Gasteiger partial charge in [-0.1, -0.05) is 140 Å². The predicted molar refractivity (Wildman–Crippen MR) is 258 cm³/mol. The van der Waals surface area contributed by atoms with Crippen LogP contribution in [0.3, 0.4) is 0 Å². The first kappa shape index (κ1) is 47.1. The molecule has 2 unspecified atom stereocenters. The van der Waals surface area contributed by atoms with Gasteiger partial charge in [-0.15, -0.1) is 0 Å². The summed E-state index contributed by atoms with van der Waals surface area (Å²) in [5.74, 6) is 1.71. The molecule has 0 fully saturated rings. The van der Waals surface area contributed by atoms with Crippen LogP contribution in [0.25, 0.3) is 22.5 Å². The van der Waals surface area contributed by atoms with E-state index in [1.54, 1.807) is 0 Å². The molecular formula is C56H70N4O3. The second-order valence-corrected chi connectivity index (χ2v) is 16.8. The Morgan fingerprint density at radius 1 is 0.381 bits per heavy atom. The smallest absolute Gasteiger partial charge is 0.127 e. The van der Waals surface area contributed by atoms with E-state index in [-0.39, 0.29) is 0 Å².